The molecular weight excluding hydrogens is 246 g/mol. The molecule has 6 nitrogen and oxygen atoms in total. The topological polar surface area (TPSA) is 87.7 Å². The first-order valence-corrected chi connectivity index (χ1v) is 5.52. The van der Waals surface area contributed by atoms with E-state index in [0.29, 0.717) is 11.5 Å². The summed E-state index contributed by atoms with van der Waals surface area (Å²) in [7, 11) is 0. The SMILES string of the molecule is O=C(O)c1ccn2nc(-c3ccc(O)cc3)nc2c1. The quantitative estimate of drug-likeness (QED) is 0.729. The predicted octanol–water partition coefficient (Wildman–Crippen LogP) is 1.80. The Hall–Kier alpha value is -2.89. The number of benzene rings is 1. The summed E-state index contributed by atoms with van der Waals surface area (Å²) in [6, 6.07) is 9.40. The molecule has 0 spiro atoms. The summed E-state index contributed by atoms with van der Waals surface area (Å²) in [4.78, 5) is 15.1. The molecule has 0 saturated heterocycles. The number of phenols is 1. The standard InChI is InChI=1S/C13H9N3O3/c17-10-3-1-8(2-4-10)12-14-11-7-9(13(18)19)5-6-16(11)15-12/h1-7,17H,(H,18,19). The molecule has 0 unspecified atom stereocenters. The number of hydrogen-bond donors (Lipinski definition) is 2. The number of carboxylic acid groups (broad SMARTS) is 1. The molecule has 2 heterocycles. The van der Waals surface area contributed by atoms with Crippen LogP contribution in [0.25, 0.3) is 17.0 Å². The van der Waals surface area contributed by atoms with E-state index in [1.807, 2.05) is 0 Å². The number of carbonyl (C=O) groups is 1. The van der Waals surface area contributed by atoms with Crippen LogP contribution in [0.15, 0.2) is 42.6 Å². The molecule has 0 aliphatic heterocycles. The molecule has 2 N–H and O–H groups in total. The first kappa shape index (κ1) is 11.2. The fourth-order valence-corrected chi connectivity index (χ4v) is 1.75. The molecule has 1 aromatic carbocycles. The third-order valence-corrected chi connectivity index (χ3v) is 2.71. The highest BCUT2D eigenvalue weighted by Crippen LogP contribution is 2.19. The average molecular weight is 255 g/mol. The number of aromatic carboxylic acids is 1. The van der Waals surface area contributed by atoms with Crippen molar-refractivity contribution in [3.8, 4) is 17.1 Å². The van der Waals surface area contributed by atoms with E-state index in [4.69, 9.17) is 5.11 Å². The minimum atomic E-state index is -1.00. The fourth-order valence-electron chi connectivity index (χ4n) is 1.75. The van der Waals surface area contributed by atoms with Gasteiger partial charge in [-0.15, -0.1) is 5.10 Å². The van der Waals surface area contributed by atoms with Crippen LogP contribution in [0, 0.1) is 0 Å². The van der Waals surface area contributed by atoms with Gasteiger partial charge in [0.25, 0.3) is 0 Å². The lowest BCUT2D eigenvalue weighted by molar-refractivity contribution is 0.0697. The van der Waals surface area contributed by atoms with Crippen molar-refractivity contribution in [3.05, 3.63) is 48.2 Å². The molecule has 0 atom stereocenters. The van der Waals surface area contributed by atoms with E-state index >= 15 is 0 Å². The van der Waals surface area contributed by atoms with Gasteiger partial charge in [-0.3, -0.25) is 0 Å². The van der Waals surface area contributed by atoms with Gasteiger partial charge in [0, 0.05) is 11.8 Å². The highest BCUT2D eigenvalue weighted by atomic mass is 16.4. The van der Waals surface area contributed by atoms with Crippen LogP contribution >= 0.6 is 0 Å². The molecule has 0 amide bonds. The zero-order valence-electron chi connectivity index (χ0n) is 9.69. The number of pyridine rings is 1. The van der Waals surface area contributed by atoms with E-state index in [1.165, 1.54) is 16.6 Å². The van der Waals surface area contributed by atoms with Crippen molar-refractivity contribution in [2.24, 2.45) is 0 Å². The molecule has 0 radical (unpaired) electrons. The second kappa shape index (κ2) is 4.09. The Labute approximate surface area is 107 Å². The zero-order valence-corrected chi connectivity index (χ0v) is 9.69. The molecule has 0 bridgehead atoms. The predicted molar refractivity (Wildman–Crippen MR) is 67.0 cm³/mol. The van der Waals surface area contributed by atoms with Gasteiger partial charge in [-0.2, -0.15) is 0 Å². The first-order valence-electron chi connectivity index (χ1n) is 5.52. The summed E-state index contributed by atoms with van der Waals surface area (Å²) < 4.78 is 1.51. The number of aromatic nitrogens is 3. The van der Waals surface area contributed by atoms with Gasteiger partial charge in [0.15, 0.2) is 11.5 Å². The monoisotopic (exact) mass is 255 g/mol. The Balaban J connectivity index is 2.11. The van der Waals surface area contributed by atoms with Crippen molar-refractivity contribution in [1.29, 1.82) is 0 Å². The number of hydrogen-bond acceptors (Lipinski definition) is 4. The van der Waals surface area contributed by atoms with Crippen LogP contribution in [-0.2, 0) is 0 Å². The number of rotatable bonds is 2. The van der Waals surface area contributed by atoms with Gasteiger partial charge < -0.3 is 10.2 Å². The molecule has 3 aromatic rings. The lowest BCUT2D eigenvalue weighted by atomic mass is 10.2. The van der Waals surface area contributed by atoms with E-state index in [2.05, 4.69) is 10.1 Å². The Bertz CT molecular complexity index is 762. The Morgan fingerprint density at radius 1 is 1.16 bits per heavy atom. The molecule has 0 aliphatic carbocycles. The van der Waals surface area contributed by atoms with Crippen LogP contribution in [0.4, 0.5) is 0 Å². The highest BCUT2D eigenvalue weighted by molar-refractivity contribution is 5.88. The Morgan fingerprint density at radius 2 is 1.89 bits per heavy atom. The van der Waals surface area contributed by atoms with Crippen LogP contribution < -0.4 is 0 Å². The summed E-state index contributed by atoms with van der Waals surface area (Å²) in [6.45, 7) is 0. The van der Waals surface area contributed by atoms with Gasteiger partial charge in [0.05, 0.1) is 5.56 Å². The van der Waals surface area contributed by atoms with E-state index in [9.17, 15) is 9.90 Å². The average Bonchev–Trinajstić information content (AvgIpc) is 2.82. The van der Waals surface area contributed by atoms with E-state index in [1.54, 1.807) is 30.5 Å². The third-order valence-electron chi connectivity index (χ3n) is 2.71. The van der Waals surface area contributed by atoms with E-state index in [-0.39, 0.29) is 11.3 Å². The first-order chi connectivity index (χ1) is 9.13. The summed E-state index contributed by atoms with van der Waals surface area (Å²) in [5, 5.41) is 22.4. The molecular formula is C13H9N3O3. The lowest BCUT2D eigenvalue weighted by Crippen LogP contribution is -1.97. The van der Waals surface area contributed by atoms with Gasteiger partial charge in [-0.25, -0.2) is 14.3 Å². The Morgan fingerprint density at radius 3 is 2.58 bits per heavy atom. The second-order valence-corrected chi connectivity index (χ2v) is 4.01. The van der Waals surface area contributed by atoms with Crippen molar-refractivity contribution >= 4 is 11.6 Å². The van der Waals surface area contributed by atoms with E-state index in [0.717, 1.165) is 5.56 Å². The molecule has 0 fully saturated rings. The smallest absolute Gasteiger partial charge is 0.335 e. The molecule has 94 valence electrons. The van der Waals surface area contributed by atoms with Crippen molar-refractivity contribution in [3.63, 3.8) is 0 Å². The molecule has 2 aromatic heterocycles. The van der Waals surface area contributed by atoms with Crippen LogP contribution in [0.1, 0.15) is 10.4 Å². The fraction of sp³-hybridized carbons (Fsp3) is 0. The Kier molecular flexibility index (Phi) is 2.42. The van der Waals surface area contributed by atoms with Crippen LogP contribution in [0.3, 0.4) is 0 Å². The van der Waals surface area contributed by atoms with E-state index < -0.39 is 5.97 Å². The van der Waals surface area contributed by atoms with Crippen LogP contribution in [0.5, 0.6) is 5.75 Å². The minimum absolute atomic E-state index is 0.164. The maximum absolute atomic E-state index is 10.9. The lowest BCUT2D eigenvalue weighted by Gasteiger charge is -1.94. The second-order valence-electron chi connectivity index (χ2n) is 4.01. The molecule has 3 rings (SSSR count). The van der Waals surface area contributed by atoms with Crippen molar-refractivity contribution in [2.75, 3.05) is 0 Å². The normalized spacial score (nSPS) is 10.7. The van der Waals surface area contributed by atoms with Gasteiger partial charge in [-0.1, -0.05) is 0 Å². The number of aromatic hydroxyl groups is 1. The summed E-state index contributed by atoms with van der Waals surface area (Å²) >= 11 is 0. The number of carboxylic acids is 1. The summed E-state index contributed by atoms with van der Waals surface area (Å²) in [6.07, 6.45) is 1.55. The van der Waals surface area contributed by atoms with Crippen molar-refractivity contribution < 1.29 is 15.0 Å². The van der Waals surface area contributed by atoms with Crippen molar-refractivity contribution in [1.82, 2.24) is 14.6 Å². The molecule has 6 heteroatoms. The minimum Gasteiger partial charge on any atom is -0.508 e. The largest absolute Gasteiger partial charge is 0.508 e. The number of fused-ring (bicyclic) bond motifs is 1. The third kappa shape index (κ3) is 1.99. The van der Waals surface area contributed by atoms with Gasteiger partial charge >= 0.3 is 5.97 Å². The van der Waals surface area contributed by atoms with Gasteiger partial charge in [0.1, 0.15) is 5.75 Å². The summed E-state index contributed by atoms with van der Waals surface area (Å²) in [5.74, 6) is -0.361. The van der Waals surface area contributed by atoms with Crippen molar-refractivity contribution in [2.45, 2.75) is 0 Å². The van der Waals surface area contributed by atoms with Gasteiger partial charge in [0.2, 0.25) is 0 Å². The molecule has 0 saturated carbocycles. The maximum Gasteiger partial charge on any atom is 0.335 e. The zero-order chi connectivity index (χ0) is 13.4. The number of nitrogens with zero attached hydrogens (tertiary/aromatic N) is 3. The van der Waals surface area contributed by atoms with Gasteiger partial charge in [-0.05, 0) is 36.4 Å². The van der Waals surface area contributed by atoms with Crippen LogP contribution in [0.2, 0.25) is 0 Å². The highest BCUT2D eigenvalue weighted by Gasteiger charge is 2.09. The maximum atomic E-state index is 10.9. The number of phenolic OH excluding ortho intramolecular Hbond substituents is 1. The summed E-state index contributed by atoms with van der Waals surface area (Å²) in [5.41, 5.74) is 1.37. The molecule has 0 aliphatic rings. The molecule has 19 heavy (non-hydrogen) atoms. The van der Waals surface area contributed by atoms with Crippen LogP contribution in [-0.4, -0.2) is 30.8 Å².